The van der Waals surface area contributed by atoms with E-state index < -0.39 is 23.3 Å². The Bertz CT molecular complexity index is 700. The number of thioether (sulfide) groups is 1. The summed E-state index contributed by atoms with van der Waals surface area (Å²) in [7, 11) is 0. The molecule has 0 aromatic heterocycles. The number of aliphatic carboxylic acids is 1. The summed E-state index contributed by atoms with van der Waals surface area (Å²) >= 11 is 7.64. The van der Waals surface area contributed by atoms with Crippen LogP contribution in [0.5, 0.6) is 0 Å². The van der Waals surface area contributed by atoms with Gasteiger partial charge in [0.1, 0.15) is 6.04 Å². The van der Waals surface area contributed by atoms with E-state index in [1.807, 2.05) is 6.26 Å². The molecule has 0 spiro atoms. The van der Waals surface area contributed by atoms with E-state index in [-0.39, 0.29) is 12.5 Å². The van der Waals surface area contributed by atoms with Gasteiger partial charge >= 0.3 is 5.97 Å². The van der Waals surface area contributed by atoms with Gasteiger partial charge in [0.2, 0.25) is 5.91 Å². The lowest BCUT2D eigenvalue weighted by molar-refractivity contribution is -0.147. The van der Waals surface area contributed by atoms with Gasteiger partial charge in [0.25, 0.3) is 5.91 Å². The predicted molar refractivity (Wildman–Crippen MR) is 103 cm³/mol. The molecule has 2 amide bonds. The van der Waals surface area contributed by atoms with Gasteiger partial charge in [-0.15, -0.1) is 0 Å². The molecule has 0 saturated carbocycles. The molecule has 0 radical (unpaired) electrons. The molecule has 8 heteroatoms. The Kier molecular flexibility index (Phi) is 6.94. The first-order chi connectivity index (χ1) is 12.3. The summed E-state index contributed by atoms with van der Waals surface area (Å²) < 4.78 is 0. The quantitative estimate of drug-likeness (QED) is 0.737. The summed E-state index contributed by atoms with van der Waals surface area (Å²) in [6, 6.07) is 5.95. The highest BCUT2D eigenvalue weighted by Gasteiger charge is 2.43. The first kappa shape index (κ1) is 20.6. The third-order valence-corrected chi connectivity index (χ3v) is 5.61. The second-order valence-electron chi connectivity index (χ2n) is 6.66. The van der Waals surface area contributed by atoms with E-state index in [0.29, 0.717) is 35.7 Å². The van der Waals surface area contributed by atoms with Gasteiger partial charge in [-0.05, 0) is 43.9 Å². The molecule has 142 valence electrons. The van der Waals surface area contributed by atoms with Gasteiger partial charge in [-0.2, -0.15) is 11.8 Å². The van der Waals surface area contributed by atoms with E-state index in [1.165, 1.54) is 4.90 Å². The van der Waals surface area contributed by atoms with Gasteiger partial charge in [0, 0.05) is 13.1 Å². The molecule has 1 aliphatic heterocycles. The Morgan fingerprint density at radius 3 is 2.65 bits per heavy atom. The highest BCUT2D eigenvalue weighted by atomic mass is 35.5. The van der Waals surface area contributed by atoms with E-state index in [1.54, 1.807) is 43.0 Å². The van der Waals surface area contributed by atoms with Crippen molar-refractivity contribution < 1.29 is 19.5 Å². The third-order valence-electron chi connectivity index (χ3n) is 4.63. The Labute approximate surface area is 162 Å². The van der Waals surface area contributed by atoms with Crippen molar-refractivity contribution in [1.29, 1.82) is 0 Å². The number of carbonyl (C=O) groups is 3. The Morgan fingerprint density at radius 2 is 2.08 bits per heavy atom. The second-order valence-corrected chi connectivity index (χ2v) is 8.06. The maximum absolute atomic E-state index is 12.9. The largest absolute Gasteiger partial charge is 0.481 e. The van der Waals surface area contributed by atoms with Crippen molar-refractivity contribution in [3.05, 3.63) is 34.9 Å². The Hall–Kier alpha value is -1.73. The SMILES string of the molecule is CSCCC(NC(=O)c1ccccc1Cl)C(=O)N1CCC(C)(C(=O)O)C1. The average molecular weight is 399 g/mol. The molecule has 2 rings (SSSR count). The number of amides is 2. The van der Waals surface area contributed by atoms with Crippen molar-refractivity contribution in [3.8, 4) is 0 Å². The fourth-order valence-electron chi connectivity index (χ4n) is 2.92. The van der Waals surface area contributed by atoms with Crippen LogP contribution in [0.15, 0.2) is 24.3 Å². The van der Waals surface area contributed by atoms with E-state index in [4.69, 9.17) is 11.6 Å². The lowest BCUT2D eigenvalue weighted by Gasteiger charge is -2.25. The van der Waals surface area contributed by atoms with Crippen molar-refractivity contribution in [2.75, 3.05) is 25.1 Å². The van der Waals surface area contributed by atoms with Gasteiger partial charge in [-0.3, -0.25) is 14.4 Å². The molecular formula is C18H23ClN2O4S. The van der Waals surface area contributed by atoms with Crippen molar-refractivity contribution >= 4 is 41.1 Å². The minimum Gasteiger partial charge on any atom is -0.481 e. The van der Waals surface area contributed by atoms with Crippen LogP contribution in [0, 0.1) is 5.41 Å². The number of carboxylic acid groups (broad SMARTS) is 1. The fourth-order valence-corrected chi connectivity index (χ4v) is 3.61. The number of hydrogen-bond donors (Lipinski definition) is 2. The highest BCUT2D eigenvalue weighted by Crippen LogP contribution is 2.30. The maximum Gasteiger partial charge on any atom is 0.311 e. The fraction of sp³-hybridized carbons (Fsp3) is 0.500. The molecule has 1 saturated heterocycles. The summed E-state index contributed by atoms with van der Waals surface area (Å²) in [6.07, 6.45) is 2.80. The number of benzene rings is 1. The lowest BCUT2D eigenvalue weighted by Crippen LogP contribution is -2.49. The molecule has 2 unspecified atom stereocenters. The van der Waals surface area contributed by atoms with Crippen LogP contribution in [0.1, 0.15) is 30.1 Å². The van der Waals surface area contributed by atoms with Gasteiger partial charge in [0.05, 0.1) is 16.0 Å². The molecule has 1 fully saturated rings. The standard InChI is InChI=1S/C18H23ClN2O4S/c1-18(17(24)25)8-9-21(11-18)16(23)14(7-10-26-2)20-15(22)12-5-3-4-6-13(12)19/h3-6,14H,7-11H2,1-2H3,(H,20,22)(H,24,25). The zero-order chi connectivity index (χ0) is 19.3. The summed E-state index contributed by atoms with van der Waals surface area (Å²) in [5.41, 5.74) is -0.625. The Morgan fingerprint density at radius 1 is 1.38 bits per heavy atom. The van der Waals surface area contributed by atoms with Gasteiger partial charge < -0.3 is 15.3 Å². The summed E-state index contributed by atoms with van der Waals surface area (Å²) in [6.45, 7) is 2.17. The van der Waals surface area contributed by atoms with Crippen molar-refractivity contribution in [2.24, 2.45) is 5.41 Å². The van der Waals surface area contributed by atoms with E-state index in [9.17, 15) is 19.5 Å². The number of carbonyl (C=O) groups excluding carboxylic acids is 2. The van der Waals surface area contributed by atoms with E-state index in [0.717, 1.165) is 0 Å². The number of nitrogens with one attached hydrogen (secondary N) is 1. The molecule has 0 aliphatic carbocycles. The number of hydrogen-bond acceptors (Lipinski definition) is 4. The minimum absolute atomic E-state index is 0.152. The summed E-state index contributed by atoms with van der Waals surface area (Å²) in [5.74, 6) is -0.864. The van der Waals surface area contributed by atoms with Crippen LogP contribution in [0.4, 0.5) is 0 Å². The molecule has 0 bridgehead atoms. The van der Waals surface area contributed by atoms with Crippen LogP contribution in [0.3, 0.4) is 0 Å². The molecular weight excluding hydrogens is 376 g/mol. The molecule has 6 nitrogen and oxygen atoms in total. The lowest BCUT2D eigenvalue weighted by atomic mass is 9.90. The molecule has 1 aliphatic rings. The molecule has 1 aromatic carbocycles. The summed E-state index contributed by atoms with van der Waals surface area (Å²) in [4.78, 5) is 38.4. The summed E-state index contributed by atoms with van der Waals surface area (Å²) in [5, 5.41) is 12.4. The molecule has 1 heterocycles. The molecule has 1 aromatic rings. The number of nitrogens with zero attached hydrogens (tertiary/aromatic N) is 1. The van der Waals surface area contributed by atoms with Crippen LogP contribution < -0.4 is 5.32 Å². The maximum atomic E-state index is 12.9. The molecule has 2 N–H and O–H groups in total. The zero-order valence-electron chi connectivity index (χ0n) is 14.8. The van der Waals surface area contributed by atoms with Gasteiger partial charge in [0.15, 0.2) is 0 Å². The second kappa shape index (κ2) is 8.77. The first-order valence-electron chi connectivity index (χ1n) is 8.35. The number of halogens is 1. The van der Waals surface area contributed by atoms with Gasteiger partial charge in [-0.1, -0.05) is 23.7 Å². The van der Waals surface area contributed by atoms with Crippen molar-refractivity contribution in [2.45, 2.75) is 25.8 Å². The highest BCUT2D eigenvalue weighted by molar-refractivity contribution is 7.98. The number of rotatable bonds is 7. The van der Waals surface area contributed by atoms with Crippen LogP contribution in [-0.2, 0) is 9.59 Å². The van der Waals surface area contributed by atoms with E-state index >= 15 is 0 Å². The van der Waals surface area contributed by atoms with Crippen LogP contribution in [-0.4, -0.2) is 58.9 Å². The van der Waals surface area contributed by atoms with Crippen LogP contribution >= 0.6 is 23.4 Å². The first-order valence-corrected chi connectivity index (χ1v) is 10.1. The average Bonchev–Trinajstić information content (AvgIpc) is 3.02. The van der Waals surface area contributed by atoms with Crippen molar-refractivity contribution in [3.63, 3.8) is 0 Å². The van der Waals surface area contributed by atoms with Crippen LogP contribution in [0.2, 0.25) is 5.02 Å². The number of carboxylic acids is 1. The smallest absolute Gasteiger partial charge is 0.311 e. The van der Waals surface area contributed by atoms with Crippen molar-refractivity contribution in [1.82, 2.24) is 10.2 Å². The van der Waals surface area contributed by atoms with Crippen LogP contribution in [0.25, 0.3) is 0 Å². The van der Waals surface area contributed by atoms with Gasteiger partial charge in [-0.25, -0.2) is 0 Å². The topological polar surface area (TPSA) is 86.7 Å². The minimum atomic E-state index is -0.938. The Balaban J connectivity index is 2.12. The normalized spacial score (nSPS) is 20.7. The molecule has 2 atom stereocenters. The third kappa shape index (κ3) is 4.71. The molecule has 26 heavy (non-hydrogen) atoms. The zero-order valence-corrected chi connectivity index (χ0v) is 16.4. The monoisotopic (exact) mass is 398 g/mol. The predicted octanol–water partition coefficient (Wildman–Crippen LogP) is 2.51. The van der Waals surface area contributed by atoms with E-state index in [2.05, 4.69) is 5.32 Å². The number of likely N-dealkylation sites (tertiary alicyclic amines) is 1.